The van der Waals surface area contributed by atoms with Gasteiger partial charge in [0, 0.05) is 31.4 Å². The number of rotatable bonds is 6. The van der Waals surface area contributed by atoms with Crippen LogP contribution in [-0.4, -0.2) is 16.7 Å². The summed E-state index contributed by atoms with van der Waals surface area (Å²) in [5, 5.41) is 6.24. The van der Waals surface area contributed by atoms with Crippen molar-refractivity contribution in [2.45, 2.75) is 19.5 Å². The van der Waals surface area contributed by atoms with Gasteiger partial charge in [0.15, 0.2) is 0 Å². The zero-order valence-corrected chi connectivity index (χ0v) is 16.5. The normalized spacial score (nSPS) is 12.2. The van der Waals surface area contributed by atoms with E-state index in [1.165, 1.54) is 21.9 Å². The van der Waals surface area contributed by atoms with Gasteiger partial charge in [0.1, 0.15) is 5.75 Å². The monoisotopic (exact) mass is 371 g/mol. The number of ether oxygens (including phenoxy) is 1. The predicted octanol–water partition coefficient (Wildman–Crippen LogP) is 5.10. The Morgan fingerprint density at radius 1 is 1.07 bits per heavy atom. The standard InChI is InChI=1S/C24H25N3O/c1-17(20-10-6-8-19-7-4-5-9-21(19)20)25-14-18-11-12-24(28-3)22(13-18)23-15-27(2)16-26-23/h4-13,15-17,25H,14H2,1-3H3/t17-/m1/s1. The molecule has 0 spiro atoms. The molecule has 0 saturated heterocycles. The van der Waals surface area contributed by atoms with Crippen LogP contribution in [0.2, 0.25) is 0 Å². The molecule has 1 N–H and O–H groups in total. The van der Waals surface area contributed by atoms with Crippen LogP contribution in [0.25, 0.3) is 22.0 Å². The largest absolute Gasteiger partial charge is 0.496 e. The highest BCUT2D eigenvalue weighted by Crippen LogP contribution is 2.30. The Labute approximate surface area is 165 Å². The first-order valence-electron chi connectivity index (χ1n) is 9.52. The maximum absolute atomic E-state index is 5.54. The van der Waals surface area contributed by atoms with Crippen LogP contribution in [0, 0.1) is 0 Å². The Hall–Kier alpha value is -3.11. The van der Waals surface area contributed by atoms with E-state index in [-0.39, 0.29) is 6.04 Å². The molecule has 0 fully saturated rings. The number of hydrogen-bond donors (Lipinski definition) is 1. The predicted molar refractivity (Wildman–Crippen MR) is 114 cm³/mol. The van der Waals surface area contributed by atoms with Gasteiger partial charge in [-0.25, -0.2) is 4.98 Å². The maximum atomic E-state index is 5.54. The summed E-state index contributed by atoms with van der Waals surface area (Å²) >= 11 is 0. The van der Waals surface area contributed by atoms with Gasteiger partial charge >= 0.3 is 0 Å². The van der Waals surface area contributed by atoms with E-state index in [2.05, 4.69) is 71.8 Å². The molecule has 4 aromatic rings. The third-order valence-corrected chi connectivity index (χ3v) is 5.15. The average Bonchev–Trinajstić information content (AvgIpc) is 3.17. The molecular formula is C24H25N3O. The maximum Gasteiger partial charge on any atom is 0.128 e. The van der Waals surface area contributed by atoms with E-state index in [0.29, 0.717) is 0 Å². The van der Waals surface area contributed by atoms with Gasteiger partial charge in [0.2, 0.25) is 0 Å². The lowest BCUT2D eigenvalue weighted by Crippen LogP contribution is -2.18. The molecule has 0 aliphatic heterocycles. The lowest BCUT2D eigenvalue weighted by molar-refractivity contribution is 0.416. The van der Waals surface area contributed by atoms with Crippen molar-refractivity contribution in [1.82, 2.24) is 14.9 Å². The molecule has 0 aliphatic rings. The van der Waals surface area contributed by atoms with Crippen LogP contribution >= 0.6 is 0 Å². The SMILES string of the molecule is COc1ccc(CN[C@H](C)c2cccc3ccccc23)cc1-c1cn(C)cn1. The lowest BCUT2D eigenvalue weighted by atomic mass is 9.99. The van der Waals surface area contributed by atoms with E-state index in [4.69, 9.17) is 4.74 Å². The van der Waals surface area contributed by atoms with E-state index in [0.717, 1.165) is 23.6 Å². The molecule has 0 aliphatic carbocycles. The van der Waals surface area contributed by atoms with Gasteiger partial charge in [-0.3, -0.25) is 0 Å². The molecular weight excluding hydrogens is 346 g/mol. The number of nitrogens with zero attached hydrogens (tertiary/aromatic N) is 2. The van der Waals surface area contributed by atoms with E-state index in [1.807, 2.05) is 30.2 Å². The molecule has 4 heteroatoms. The zero-order chi connectivity index (χ0) is 19.5. The van der Waals surface area contributed by atoms with Gasteiger partial charge in [0.25, 0.3) is 0 Å². The van der Waals surface area contributed by atoms with Gasteiger partial charge in [-0.1, -0.05) is 48.5 Å². The van der Waals surface area contributed by atoms with Crippen LogP contribution in [0.4, 0.5) is 0 Å². The van der Waals surface area contributed by atoms with Crippen LogP contribution in [0.5, 0.6) is 5.75 Å². The Morgan fingerprint density at radius 2 is 1.89 bits per heavy atom. The summed E-state index contributed by atoms with van der Waals surface area (Å²) in [5.41, 5.74) is 4.45. The summed E-state index contributed by atoms with van der Waals surface area (Å²) in [4.78, 5) is 4.48. The Kier molecular flexibility index (Phi) is 5.13. The molecule has 0 amide bonds. The van der Waals surface area contributed by atoms with Crippen LogP contribution < -0.4 is 10.1 Å². The Morgan fingerprint density at radius 3 is 2.68 bits per heavy atom. The van der Waals surface area contributed by atoms with E-state index in [1.54, 1.807) is 7.11 Å². The molecule has 1 heterocycles. The summed E-state index contributed by atoms with van der Waals surface area (Å²) in [6.45, 7) is 2.99. The molecule has 0 bridgehead atoms. The van der Waals surface area contributed by atoms with Crippen molar-refractivity contribution in [2.75, 3.05) is 7.11 Å². The third-order valence-electron chi connectivity index (χ3n) is 5.15. The summed E-state index contributed by atoms with van der Waals surface area (Å²) in [6, 6.07) is 21.5. The van der Waals surface area contributed by atoms with Crippen molar-refractivity contribution < 1.29 is 4.74 Å². The minimum atomic E-state index is 0.242. The number of imidazole rings is 1. The van der Waals surface area contributed by atoms with Gasteiger partial charge < -0.3 is 14.6 Å². The zero-order valence-electron chi connectivity index (χ0n) is 16.5. The van der Waals surface area contributed by atoms with Crippen molar-refractivity contribution in [2.24, 2.45) is 7.05 Å². The molecule has 4 nitrogen and oxygen atoms in total. The second-order valence-electron chi connectivity index (χ2n) is 7.13. The number of fused-ring (bicyclic) bond motifs is 1. The fourth-order valence-corrected chi connectivity index (χ4v) is 3.63. The summed E-state index contributed by atoms with van der Waals surface area (Å²) < 4.78 is 7.48. The smallest absolute Gasteiger partial charge is 0.128 e. The van der Waals surface area contributed by atoms with Crippen molar-refractivity contribution in [3.05, 3.63) is 84.3 Å². The number of methoxy groups -OCH3 is 1. The fraction of sp³-hybridized carbons (Fsp3) is 0.208. The molecule has 28 heavy (non-hydrogen) atoms. The number of nitrogens with one attached hydrogen (secondary N) is 1. The van der Waals surface area contributed by atoms with Crippen molar-refractivity contribution in [3.8, 4) is 17.0 Å². The van der Waals surface area contributed by atoms with Crippen LogP contribution in [0.15, 0.2) is 73.2 Å². The third kappa shape index (κ3) is 3.64. The van der Waals surface area contributed by atoms with Gasteiger partial charge in [0.05, 0.1) is 19.1 Å². The summed E-state index contributed by atoms with van der Waals surface area (Å²) in [5.74, 6) is 0.838. The second-order valence-corrected chi connectivity index (χ2v) is 7.13. The van der Waals surface area contributed by atoms with Crippen molar-refractivity contribution in [1.29, 1.82) is 0 Å². The fourth-order valence-electron chi connectivity index (χ4n) is 3.63. The minimum absolute atomic E-state index is 0.242. The molecule has 0 unspecified atom stereocenters. The molecule has 3 aromatic carbocycles. The van der Waals surface area contributed by atoms with Crippen LogP contribution in [0.3, 0.4) is 0 Å². The topological polar surface area (TPSA) is 39.1 Å². The highest BCUT2D eigenvalue weighted by molar-refractivity contribution is 5.86. The first-order chi connectivity index (χ1) is 13.7. The Balaban J connectivity index is 1.56. The molecule has 1 aromatic heterocycles. The highest BCUT2D eigenvalue weighted by Gasteiger charge is 2.12. The van der Waals surface area contributed by atoms with E-state index >= 15 is 0 Å². The second kappa shape index (κ2) is 7.87. The van der Waals surface area contributed by atoms with Crippen molar-refractivity contribution in [3.63, 3.8) is 0 Å². The van der Waals surface area contributed by atoms with Crippen LogP contribution in [0.1, 0.15) is 24.1 Å². The first-order valence-corrected chi connectivity index (χ1v) is 9.52. The number of hydrogen-bond acceptors (Lipinski definition) is 3. The highest BCUT2D eigenvalue weighted by atomic mass is 16.5. The van der Waals surface area contributed by atoms with Crippen LogP contribution in [-0.2, 0) is 13.6 Å². The lowest BCUT2D eigenvalue weighted by Gasteiger charge is -2.17. The Bertz CT molecular complexity index is 1090. The van der Waals surface area contributed by atoms with E-state index in [9.17, 15) is 0 Å². The number of aromatic nitrogens is 2. The molecule has 4 rings (SSSR count). The summed E-state index contributed by atoms with van der Waals surface area (Å²) in [7, 11) is 3.67. The minimum Gasteiger partial charge on any atom is -0.496 e. The summed E-state index contributed by atoms with van der Waals surface area (Å²) in [6.07, 6.45) is 3.82. The number of benzene rings is 3. The molecule has 142 valence electrons. The quantitative estimate of drug-likeness (QED) is 0.512. The molecule has 1 atom stereocenters. The molecule has 0 saturated carbocycles. The van der Waals surface area contributed by atoms with Gasteiger partial charge in [-0.15, -0.1) is 0 Å². The van der Waals surface area contributed by atoms with Gasteiger partial charge in [-0.2, -0.15) is 0 Å². The average molecular weight is 371 g/mol. The van der Waals surface area contributed by atoms with Gasteiger partial charge in [-0.05, 0) is 41.0 Å². The molecule has 0 radical (unpaired) electrons. The van der Waals surface area contributed by atoms with Crippen molar-refractivity contribution >= 4 is 10.8 Å². The van der Waals surface area contributed by atoms with E-state index < -0.39 is 0 Å². The number of aryl methyl sites for hydroxylation is 1. The first kappa shape index (κ1) is 18.3.